The molecule has 2 aromatic rings. The highest BCUT2D eigenvalue weighted by Gasteiger charge is 2.06. The van der Waals surface area contributed by atoms with Gasteiger partial charge in [-0.3, -0.25) is 0 Å². The molecule has 2 rings (SSSR count). The number of rotatable bonds is 9. The van der Waals surface area contributed by atoms with Gasteiger partial charge >= 0.3 is 0 Å². The molecule has 0 saturated heterocycles. The number of hydrogen-bond acceptors (Lipinski definition) is 5. The third kappa shape index (κ3) is 5.38. The normalized spacial score (nSPS) is 11.0. The maximum Gasteiger partial charge on any atom is 0.188 e. The lowest BCUT2D eigenvalue weighted by atomic mass is 10.1. The molecule has 24 heavy (non-hydrogen) atoms. The summed E-state index contributed by atoms with van der Waals surface area (Å²) in [6.45, 7) is 0.857. The Morgan fingerprint density at radius 1 is 0.792 bits per heavy atom. The van der Waals surface area contributed by atoms with E-state index in [9.17, 15) is 0 Å². The molecular formula is C19H23NO4. The van der Waals surface area contributed by atoms with E-state index in [0.29, 0.717) is 18.0 Å². The fraction of sp³-hybridized carbons (Fsp3) is 0.263. The molecule has 0 aliphatic rings. The first-order valence-electron chi connectivity index (χ1n) is 7.61. The van der Waals surface area contributed by atoms with Gasteiger partial charge in [0, 0.05) is 20.8 Å². The third-order valence-corrected chi connectivity index (χ3v) is 3.32. The molecule has 0 amide bonds. The molecular weight excluding hydrogens is 306 g/mol. The zero-order valence-corrected chi connectivity index (χ0v) is 14.0. The van der Waals surface area contributed by atoms with Gasteiger partial charge in [-0.15, -0.1) is 0 Å². The lowest BCUT2D eigenvalue weighted by Crippen LogP contribution is -2.04. The van der Waals surface area contributed by atoms with Crippen LogP contribution >= 0.6 is 0 Å². The average Bonchev–Trinajstić information content (AvgIpc) is 2.64. The Hall–Kier alpha value is -2.34. The molecule has 0 bridgehead atoms. The molecule has 0 radical (unpaired) electrons. The maximum atomic E-state index is 5.61. The van der Waals surface area contributed by atoms with E-state index in [0.717, 1.165) is 16.7 Å². The molecule has 0 aliphatic carbocycles. The van der Waals surface area contributed by atoms with E-state index in [1.165, 1.54) is 0 Å². The predicted molar refractivity (Wildman–Crippen MR) is 94.7 cm³/mol. The SMILES string of the molecule is COCOc1ccc(/C=C/c2ccc(CN)cc2)cc1OCOC. The summed E-state index contributed by atoms with van der Waals surface area (Å²) in [7, 11) is 3.15. The van der Waals surface area contributed by atoms with Gasteiger partial charge in [-0.05, 0) is 28.8 Å². The van der Waals surface area contributed by atoms with Crippen LogP contribution in [0.2, 0.25) is 0 Å². The number of methoxy groups -OCH3 is 2. The molecule has 0 aromatic heterocycles. The van der Waals surface area contributed by atoms with Gasteiger partial charge in [-0.25, -0.2) is 0 Å². The summed E-state index contributed by atoms with van der Waals surface area (Å²) in [6, 6.07) is 13.8. The van der Waals surface area contributed by atoms with Crippen molar-refractivity contribution in [3.63, 3.8) is 0 Å². The Kier molecular flexibility index (Phi) is 7.29. The standard InChI is InChI=1S/C19H23NO4/c1-21-13-23-18-10-9-16(11-19(18)24-14-22-2)6-3-15-4-7-17(12-20)8-5-15/h3-11H,12-14,20H2,1-2H3/b6-3+. The van der Waals surface area contributed by atoms with E-state index in [2.05, 4.69) is 0 Å². The van der Waals surface area contributed by atoms with Crippen molar-refractivity contribution in [2.75, 3.05) is 27.8 Å². The molecule has 0 spiro atoms. The molecule has 0 aliphatic heterocycles. The summed E-state index contributed by atoms with van der Waals surface area (Å²) in [5.74, 6) is 1.22. The van der Waals surface area contributed by atoms with Crippen molar-refractivity contribution in [3.8, 4) is 11.5 Å². The van der Waals surface area contributed by atoms with Gasteiger partial charge in [0.25, 0.3) is 0 Å². The molecule has 0 fully saturated rings. The zero-order valence-electron chi connectivity index (χ0n) is 14.0. The Morgan fingerprint density at radius 2 is 1.38 bits per heavy atom. The van der Waals surface area contributed by atoms with Crippen LogP contribution in [0.5, 0.6) is 11.5 Å². The smallest absolute Gasteiger partial charge is 0.188 e. The van der Waals surface area contributed by atoms with Crippen molar-refractivity contribution in [2.45, 2.75) is 6.54 Å². The topological polar surface area (TPSA) is 62.9 Å². The van der Waals surface area contributed by atoms with E-state index in [4.69, 9.17) is 24.7 Å². The van der Waals surface area contributed by atoms with E-state index in [-0.39, 0.29) is 13.6 Å². The van der Waals surface area contributed by atoms with Crippen LogP contribution in [0.4, 0.5) is 0 Å². The van der Waals surface area contributed by atoms with E-state index < -0.39 is 0 Å². The van der Waals surface area contributed by atoms with Crippen LogP contribution in [0, 0.1) is 0 Å². The first-order chi connectivity index (χ1) is 11.8. The van der Waals surface area contributed by atoms with Gasteiger partial charge in [0.05, 0.1) is 0 Å². The van der Waals surface area contributed by atoms with E-state index in [1.807, 2.05) is 54.6 Å². The third-order valence-electron chi connectivity index (χ3n) is 3.32. The van der Waals surface area contributed by atoms with Crippen molar-refractivity contribution < 1.29 is 18.9 Å². The first-order valence-corrected chi connectivity index (χ1v) is 7.61. The van der Waals surface area contributed by atoms with Gasteiger partial charge in [0.2, 0.25) is 0 Å². The largest absolute Gasteiger partial charge is 0.464 e. The first kappa shape index (κ1) is 18.0. The second-order valence-corrected chi connectivity index (χ2v) is 5.09. The van der Waals surface area contributed by atoms with Gasteiger partial charge < -0.3 is 24.7 Å². The minimum Gasteiger partial charge on any atom is -0.464 e. The number of nitrogens with two attached hydrogens (primary N) is 1. The number of hydrogen-bond donors (Lipinski definition) is 1. The van der Waals surface area contributed by atoms with Crippen LogP contribution in [-0.4, -0.2) is 27.8 Å². The average molecular weight is 329 g/mol. The predicted octanol–water partition coefficient (Wildman–Crippen LogP) is 3.28. The number of benzene rings is 2. The highest BCUT2D eigenvalue weighted by molar-refractivity contribution is 5.71. The van der Waals surface area contributed by atoms with Crippen LogP contribution < -0.4 is 15.2 Å². The van der Waals surface area contributed by atoms with Crippen molar-refractivity contribution in [3.05, 3.63) is 59.2 Å². The molecule has 5 nitrogen and oxygen atoms in total. The van der Waals surface area contributed by atoms with Crippen LogP contribution in [0.15, 0.2) is 42.5 Å². The minimum absolute atomic E-state index is 0.150. The van der Waals surface area contributed by atoms with Crippen LogP contribution in [0.1, 0.15) is 16.7 Å². The highest BCUT2D eigenvalue weighted by atomic mass is 16.7. The Bertz CT molecular complexity index is 653. The lowest BCUT2D eigenvalue weighted by Gasteiger charge is -2.12. The maximum absolute atomic E-state index is 5.61. The van der Waals surface area contributed by atoms with Gasteiger partial charge in [-0.1, -0.05) is 42.5 Å². The van der Waals surface area contributed by atoms with Crippen molar-refractivity contribution in [1.29, 1.82) is 0 Å². The zero-order chi connectivity index (χ0) is 17.2. The summed E-state index contributed by atoms with van der Waals surface area (Å²) in [4.78, 5) is 0. The lowest BCUT2D eigenvalue weighted by molar-refractivity contribution is 0.0322. The summed E-state index contributed by atoms with van der Waals surface area (Å²) >= 11 is 0. The summed E-state index contributed by atoms with van der Waals surface area (Å²) in [5.41, 5.74) is 8.82. The van der Waals surface area contributed by atoms with Crippen molar-refractivity contribution in [1.82, 2.24) is 0 Å². The fourth-order valence-corrected chi connectivity index (χ4v) is 2.06. The van der Waals surface area contributed by atoms with Crippen molar-refractivity contribution >= 4 is 12.2 Å². The molecule has 0 heterocycles. The van der Waals surface area contributed by atoms with Gasteiger partial charge in [0.1, 0.15) is 0 Å². The fourth-order valence-electron chi connectivity index (χ4n) is 2.06. The second-order valence-electron chi connectivity index (χ2n) is 5.09. The van der Waals surface area contributed by atoms with E-state index in [1.54, 1.807) is 14.2 Å². The second kappa shape index (κ2) is 9.72. The van der Waals surface area contributed by atoms with Crippen LogP contribution in [-0.2, 0) is 16.0 Å². The molecule has 0 atom stereocenters. The summed E-state index contributed by atoms with van der Waals surface area (Å²) in [5, 5.41) is 0. The van der Waals surface area contributed by atoms with Gasteiger partial charge in [-0.2, -0.15) is 0 Å². The Balaban J connectivity index is 2.14. The van der Waals surface area contributed by atoms with Crippen molar-refractivity contribution in [2.24, 2.45) is 5.73 Å². The monoisotopic (exact) mass is 329 g/mol. The Morgan fingerprint density at radius 3 is 2.00 bits per heavy atom. The summed E-state index contributed by atoms with van der Waals surface area (Å²) in [6.07, 6.45) is 4.04. The summed E-state index contributed by atoms with van der Waals surface area (Å²) < 4.78 is 20.9. The van der Waals surface area contributed by atoms with Crippen LogP contribution in [0.3, 0.4) is 0 Å². The minimum atomic E-state index is 0.150. The molecule has 128 valence electrons. The van der Waals surface area contributed by atoms with E-state index >= 15 is 0 Å². The quantitative estimate of drug-likeness (QED) is 0.565. The molecule has 0 saturated carbocycles. The molecule has 2 N–H and O–H groups in total. The van der Waals surface area contributed by atoms with Crippen LogP contribution in [0.25, 0.3) is 12.2 Å². The van der Waals surface area contributed by atoms with Gasteiger partial charge in [0.15, 0.2) is 25.1 Å². The highest BCUT2D eigenvalue weighted by Crippen LogP contribution is 2.29. The molecule has 5 heteroatoms. The number of ether oxygens (including phenoxy) is 4. The molecule has 0 unspecified atom stereocenters. The Labute approximate surface area is 142 Å². The molecule has 2 aromatic carbocycles.